The van der Waals surface area contributed by atoms with Gasteiger partial charge in [-0.1, -0.05) is 15.3 Å². The van der Waals surface area contributed by atoms with Gasteiger partial charge in [0.2, 0.25) is 0 Å². The monoisotopic (exact) mass is 922 g/mol. The highest BCUT2D eigenvalue weighted by molar-refractivity contribution is 5.69. The molecule has 0 aromatic rings. The summed E-state index contributed by atoms with van der Waals surface area (Å²) in [5, 5.41) is 10.2. The normalized spacial score (nSPS) is 14.1. The minimum Gasteiger partial charge on any atom is -0.465 e. The topological polar surface area (TPSA) is 290 Å². The molecule has 1 heterocycles. The molecule has 0 aromatic carbocycles. The van der Waals surface area contributed by atoms with Crippen LogP contribution in [0, 0.1) is 5.41 Å². The van der Waals surface area contributed by atoms with Gasteiger partial charge in [0.25, 0.3) is 0 Å². The fourth-order valence-electron chi connectivity index (χ4n) is 5.53. The highest BCUT2D eigenvalue weighted by atomic mass is 16.6. The fourth-order valence-corrected chi connectivity index (χ4v) is 5.53. The summed E-state index contributed by atoms with van der Waals surface area (Å²) < 4.78 is 73.7. The molecule has 0 saturated carbocycles. The molecule has 0 aromatic heterocycles. The van der Waals surface area contributed by atoms with Crippen LogP contribution in [-0.4, -0.2) is 240 Å². The number of ether oxygens (including phenoxy) is 13. The fraction of sp³-hybridized carbons (Fsp3) is 0.974. The largest absolute Gasteiger partial charge is 0.465 e. The van der Waals surface area contributed by atoms with E-state index in [1.54, 1.807) is 0 Å². The lowest BCUT2D eigenvalue weighted by Gasteiger charge is -2.33. The number of carbonyl (C=O) groups excluding carboxylic acids is 1. The van der Waals surface area contributed by atoms with Gasteiger partial charge in [0.15, 0.2) is 0 Å². The van der Waals surface area contributed by atoms with Crippen molar-refractivity contribution in [2.45, 2.75) is 19.3 Å². The second-order valence-electron chi connectivity index (χ2n) is 14.3. The highest BCUT2D eigenvalue weighted by Crippen LogP contribution is 2.22. The number of esters is 1. The molecule has 25 nitrogen and oxygen atoms in total. The maximum atomic E-state index is 13.1. The summed E-state index contributed by atoms with van der Waals surface area (Å²) >= 11 is 0. The number of rotatable bonds is 49. The Labute approximate surface area is 377 Å². The Hall–Kier alpha value is -3.16. The van der Waals surface area contributed by atoms with Gasteiger partial charge < -0.3 is 71.4 Å². The number of nitrogens with zero attached hydrogens (tertiary/aromatic N) is 11. The molecule has 0 unspecified atom stereocenters. The van der Waals surface area contributed by atoms with Gasteiger partial charge in [-0.25, -0.2) is 0 Å². The van der Waals surface area contributed by atoms with Crippen molar-refractivity contribution in [3.63, 3.8) is 0 Å². The molecule has 0 atom stereocenters. The van der Waals surface area contributed by atoms with Crippen LogP contribution in [0.5, 0.6) is 0 Å². The van der Waals surface area contributed by atoms with E-state index < -0.39 is 5.41 Å². The molecule has 0 aliphatic carbocycles. The van der Waals surface area contributed by atoms with Gasteiger partial charge in [-0.3, -0.25) is 4.79 Å². The summed E-state index contributed by atoms with van der Waals surface area (Å²) in [5.74, 6) is -0.291. The maximum absolute atomic E-state index is 13.1. The van der Waals surface area contributed by atoms with Crippen LogP contribution in [0.15, 0.2) is 15.3 Å². The van der Waals surface area contributed by atoms with Crippen molar-refractivity contribution in [2.24, 2.45) is 20.8 Å². The third kappa shape index (κ3) is 39.2. The number of carbonyl (C=O) groups is 1. The predicted molar refractivity (Wildman–Crippen MR) is 233 cm³/mol. The van der Waals surface area contributed by atoms with E-state index in [0.717, 1.165) is 45.6 Å². The van der Waals surface area contributed by atoms with Crippen molar-refractivity contribution >= 4 is 5.97 Å². The molecule has 25 heteroatoms. The van der Waals surface area contributed by atoms with E-state index in [1.807, 2.05) is 0 Å². The van der Waals surface area contributed by atoms with Gasteiger partial charge in [-0.05, 0) is 43.0 Å². The molecule has 1 saturated heterocycles. The number of azide groups is 3. The number of likely N-dealkylation sites (N-methyl/N-ethyl adjacent to an activating group) is 1. The van der Waals surface area contributed by atoms with Crippen molar-refractivity contribution in [1.82, 2.24) is 9.80 Å². The van der Waals surface area contributed by atoms with E-state index in [1.165, 1.54) is 0 Å². The Morgan fingerprint density at radius 1 is 0.453 bits per heavy atom. The Kier molecular flexibility index (Phi) is 42.6. The maximum Gasteiger partial charge on any atom is 0.305 e. The zero-order valence-electron chi connectivity index (χ0n) is 38.1. The minimum atomic E-state index is -0.847. The van der Waals surface area contributed by atoms with Crippen LogP contribution in [0.3, 0.4) is 0 Å². The summed E-state index contributed by atoms with van der Waals surface area (Å²) in [7, 11) is 2.13. The summed E-state index contributed by atoms with van der Waals surface area (Å²) in [6, 6.07) is 0. The smallest absolute Gasteiger partial charge is 0.305 e. The first-order valence-electron chi connectivity index (χ1n) is 22.1. The van der Waals surface area contributed by atoms with E-state index in [-0.39, 0.29) is 71.9 Å². The molecular weight excluding hydrogens is 846 g/mol. The molecule has 1 aliphatic heterocycles. The van der Waals surface area contributed by atoms with E-state index in [0.29, 0.717) is 125 Å². The molecule has 1 rings (SSSR count). The lowest BCUT2D eigenvalue weighted by Crippen LogP contribution is -2.44. The van der Waals surface area contributed by atoms with Gasteiger partial charge in [-0.15, -0.1) is 0 Å². The van der Waals surface area contributed by atoms with E-state index >= 15 is 0 Å². The predicted octanol–water partition coefficient (Wildman–Crippen LogP) is 3.06. The quantitative estimate of drug-likeness (QED) is 0.0278. The van der Waals surface area contributed by atoms with Gasteiger partial charge >= 0.3 is 5.97 Å². The Balaban J connectivity index is 2.66. The molecule has 1 aliphatic rings. The molecular formula is C39H75N11O14. The summed E-state index contributed by atoms with van der Waals surface area (Å²) in [4.78, 5) is 25.8. The van der Waals surface area contributed by atoms with Crippen molar-refractivity contribution in [3.8, 4) is 0 Å². The second kappa shape index (κ2) is 46.4. The van der Waals surface area contributed by atoms with E-state index in [9.17, 15) is 4.79 Å². The number of unbranched alkanes of at least 4 members (excludes halogenated alkanes) is 1. The molecule has 370 valence electrons. The number of hydrogen-bond acceptors (Lipinski definition) is 19. The van der Waals surface area contributed by atoms with Gasteiger partial charge in [0, 0.05) is 67.0 Å². The third-order valence-electron chi connectivity index (χ3n) is 9.01. The van der Waals surface area contributed by atoms with Crippen molar-refractivity contribution in [2.75, 3.05) is 225 Å². The van der Waals surface area contributed by atoms with Crippen LogP contribution in [0.1, 0.15) is 19.3 Å². The summed E-state index contributed by atoms with van der Waals surface area (Å²) in [6.07, 6.45) is 1.94. The van der Waals surface area contributed by atoms with Crippen LogP contribution < -0.4 is 0 Å². The van der Waals surface area contributed by atoms with Crippen molar-refractivity contribution in [3.05, 3.63) is 31.3 Å². The molecule has 0 amide bonds. The lowest BCUT2D eigenvalue weighted by atomic mass is 9.92. The SMILES string of the molecule is CN1CCN(CCCCC(=O)OCC(COCCOCCOCCOCCN=[N+]=[N-])(COCCOCCOCCOCCN=[N+]=[N-])COCCOCCOCCOCCN=[N+]=[N-])CC1. The van der Waals surface area contributed by atoms with Gasteiger partial charge in [0.1, 0.15) is 6.61 Å². The lowest BCUT2D eigenvalue weighted by molar-refractivity contribution is -0.157. The van der Waals surface area contributed by atoms with E-state index in [2.05, 4.69) is 46.9 Å². The van der Waals surface area contributed by atoms with Crippen LogP contribution in [0.25, 0.3) is 31.3 Å². The highest BCUT2D eigenvalue weighted by Gasteiger charge is 2.34. The molecule has 64 heavy (non-hydrogen) atoms. The van der Waals surface area contributed by atoms with Crippen LogP contribution in [0.2, 0.25) is 0 Å². The Bertz CT molecular complexity index is 1120. The first-order valence-corrected chi connectivity index (χ1v) is 22.1. The Morgan fingerprint density at radius 3 is 1.09 bits per heavy atom. The Morgan fingerprint density at radius 2 is 0.766 bits per heavy atom. The molecule has 0 spiro atoms. The average molecular weight is 922 g/mol. The van der Waals surface area contributed by atoms with Gasteiger partial charge in [-0.2, -0.15) is 0 Å². The zero-order valence-corrected chi connectivity index (χ0v) is 38.1. The van der Waals surface area contributed by atoms with Gasteiger partial charge in [0.05, 0.1) is 164 Å². The molecule has 1 fully saturated rings. The van der Waals surface area contributed by atoms with Crippen molar-refractivity contribution < 1.29 is 66.4 Å². The number of piperazine rings is 1. The first kappa shape index (κ1) is 58.9. The van der Waals surface area contributed by atoms with Crippen LogP contribution in [-0.2, 0) is 66.4 Å². The van der Waals surface area contributed by atoms with Crippen LogP contribution in [0.4, 0.5) is 0 Å². The van der Waals surface area contributed by atoms with Crippen molar-refractivity contribution in [1.29, 1.82) is 0 Å². The molecule has 0 N–H and O–H groups in total. The molecule has 0 bridgehead atoms. The second-order valence-corrected chi connectivity index (χ2v) is 14.3. The first-order chi connectivity index (χ1) is 31.5. The standard InChI is InChI=1S/C39H75N11O14/c1-49-9-11-50(12-10-49)8-3-2-4-38(51)64-37-39(34-61-31-28-58-25-22-55-19-16-52-13-5-43-46-40,35-62-32-29-59-26-23-56-20-17-53-14-6-44-47-41)36-63-33-30-60-27-24-57-21-18-54-15-7-45-48-42/h2-37H2,1H3. The zero-order chi connectivity index (χ0) is 46.1. The van der Waals surface area contributed by atoms with Crippen LogP contribution >= 0.6 is 0 Å². The molecule has 0 radical (unpaired) electrons. The summed E-state index contributed by atoms with van der Waals surface area (Å²) in [6.45, 7) is 13.8. The summed E-state index contributed by atoms with van der Waals surface area (Å²) in [5.41, 5.74) is 24.1. The minimum absolute atomic E-state index is 0.0170. The van der Waals surface area contributed by atoms with E-state index in [4.69, 9.17) is 78.2 Å². The third-order valence-corrected chi connectivity index (χ3v) is 9.01. The average Bonchev–Trinajstić information content (AvgIpc) is 3.30. The number of hydrogen-bond donors (Lipinski definition) is 0.